The molecule has 0 bridgehead atoms. The minimum atomic E-state index is -0.450. The van der Waals surface area contributed by atoms with Crippen molar-refractivity contribution >= 4 is 35.1 Å². The first-order valence-corrected chi connectivity index (χ1v) is 4.92. The fraction of sp³-hybridized carbons (Fsp3) is 0.111. The Kier molecular flexibility index (Phi) is 2.54. The molecule has 0 aromatic heterocycles. The van der Waals surface area contributed by atoms with Crippen LogP contribution in [-0.2, 0) is 0 Å². The Morgan fingerprint density at radius 2 is 1.87 bits per heavy atom. The first-order valence-electron chi connectivity index (χ1n) is 4.17. The molecule has 1 aliphatic heterocycles. The van der Waals surface area contributed by atoms with Crippen LogP contribution in [0.1, 0.15) is 11.6 Å². The molecule has 2 amide bonds. The molecule has 1 aromatic carbocycles. The zero-order valence-electron chi connectivity index (χ0n) is 7.50. The van der Waals surface area contributed by atoms with Crippen molar-refractivity contribution in [2.24, 2.45) is 10.7 Å². The second kappa shape index (κ2) is 3.72. The number of amidine groups is 1. The van der Waals surface area contributed by atoms with Gasteiger partial charge < -0.3 is 11.1 Å². The average molecular weight is 244 g/mol. The zero-order valence-corrected chi connectivity index (χ0v) is 9.01. The van der Waals surface area contributed by atoms with E-state index < -0.39 is 12.1 Å². The summed E-state index contributed by atoms with van der Waals surface area (Å²) in [5.74, 6) is 0.221. The molecule has 1 heterocycles. The Morgan fingerprint density at radius 3 is 2.33 bits per heavy atom. The Morgan fingerprint density at radius 1 is 1.27 bits per heavy atom. The average Bonchev–Trinajstić information content (AvgIpc) is 2.43. The number of nitrogens with zero attached hydrogens (tertiary/aromatic N) is 1. The normalized spacial score (nSPS) is 20.0. The van der Waals surface area contributed by atoms with Crippen LogP contribution >= 0.6 is 23.2 Å². The van der Waals surface area contributed by atoms with Crippen LogP contribution in [0.3, 0.4) is 0 Å². The van der Waals surface area contributed by atoms with Crippen molar-refractivity contribution in [2.45, 2.75) is 6.04 Å². The molecule has 3 N–H and O–H groups in total. The monoisotopic (exact) mass is 243 g/mol. The lowest BCUT2D eigenvalue weighted by Gasteiger charge is -2.11. The molecule has 1 aliphatic rings. The van der Waals surface area contributed by atoms with E-state index >= 15 is 0 Å². The molecule has 78 valence electrons. The number of rotatable bonds is 1. The number of benzene rings is 1. The summed E-state index contributed by atoms with van der Waals surface area (Å²) >= 11 is 11.7. The second-order valence-corrected chi connectivity index (χ2v) is 3.99. The summed E-state index contributed by atoms with van der Waals surface area (Å²) in [5.41, 5.74) is 6.30. The van der Waals surface area contributed by atoms with Gasteiger partial charge in [0.2, 0.25) is 0 Å². The third kappa shape index (κ3) is 2.06. The van der Waals surface area contributed by atoms with Crippen LogP contribution in [-0.4, -0.2) is 11.9 Å². The lowest BCUT2D eigenvalue weighted by Crippen LogP contribution is -2.27. The van der Waals surface area contributed by atoms with E-state index in [2.05, 4.69) is 10.3 Å². The molecule has 0 radical (unpaired) electrons. The van der Waals surface area contributed by atoms with E-state index in [-0.39, 0.29) is 5.84 Å². The van der Waals surface area contributed by atoms with Crippen LogP contribution in [0, 0.1) is 0 Å². The predicted molar refractivity (Wildman–Crippen MR) is 59.4 cm³/mol. The van der Waals surface area contributed by atoms with Gasteiger partial charge in [0.1, 0.15) is 11.9 Å². The van der Waals surface area contributed by atoms with Crippen LogP contribution in [0.4, 0.5) is 4.79 Å². The Bertz CT molecular complexity index is 438. The molecule has 0 aliphatic carbocycles. The van der Waals surface area contributed by atoms with E-state index in [0.29, 0.717) is 10.0 Å². The van der Waals surface area contributed by atoms with E-state index in [9.17, 15) is 4.79 Å². The molecule has 0 spiro atoms. The van der Waals surface area contributed by atoms with Crippen LogP contribution in [0.5, 0.6) is 0 Å². The molecular formula is C9H7Cl2N3O. The quantitative estimate of drug-likeness (QED) is 0.794. The van der Waals surface area contributed by atoms with E-state index in [4.69, 9.17) is 28.9 Å². The molecule has 6 heteroatoms. The Labute approximate surface area is 96.1 Å². The molecule has 1 aromatic rings. The molecule has 0 saturated heterocycles. The molecule has 15 heavy (non-hydrogen) atoms. The topological polar surface area (TPSA) is 67.5 Å². The van der Waals surface area contributed by atoms with Crippen LogP contribution in [0.25, 0.3) is 0 Å². The first-order chi connectivity index (χ1) is 7.06. The number of nitrogens with one attached hydrogen (secondary N) is 1. The largest absolute Gasteiger partial charge is 0.385 e. The predicted octanol–water partition coefficient (Wildman–Crippen LogP) is 2.11. The van der Waals surface area contributed by atoms with E-state index in [0.717, 1.165) is 5.56 Å². The number of hydrogen-bond donors (Lipinski definition) is 2. The fourth-order valence-electron chi connectivity index (χ4n) is 1.41. The number of urea groups is 1. The minimum absolute atomic E-state index is 0.221. The van der Waals surface area contributed by atoms with Gasteiger partial charge in [-0.2, -0.15) is 4.99 Å². The number of hydrogen-bond acceptors (Lipinski definition) is 2. The highest BCUT2D eigenvalue weighted by atomic mass is 35.5. The summed E-state index contributed by atoms with van der Waals surface area (Å²) in [4.78, 5) is 14.5. The molecule has 2 rings (SSSR count). The van der Waals surface area contributed by atoms with Crippen molar-refractivity contribution in [1.29, 1.82) is 0 Å². The molecule has 0 saturated carbocycles. The van der Waals surface area contributed by atoms with Crippen molar-refractivity contribution in [3.8, 4) is 0 Å². The van der Waals surface area contributed by atoms with Crippen LogP contribution in [0.2, 0.25) is 10.0 Å². The summed E-state index contributed by atoms with van der Waals surface area (Å²) in [6.07, 6.45) is 0. The summed E-state index contributed by atoms with van der Waals surface area (Å²) in [6.45, 7) is 0. The fourth-order valence-corrected chi connectivity index (χ4v) is 1.95. The van der Waals surface area contributed by atoms with Crippen molar-refractivity contribution in [3.63, 3.8) is 0 Å². The third-order valence-corrected chi connectivity index (χ3v) is 2.45. The first kappa shape index (κ1) is 10.3. The van der Waals surface area contributed by atoms with Gasteiger partial charge >= 0.3 is 6.03 Å². The minimum Gasteiger partial charge on any atom is -0.385 e. The standard InChI is InChI=1S/C9H7Cl2N3O/c10-5-1-4(2-6(11)3-5)7-8(12)14-9(15)13-7/h1-3,7H,(H3,12,13,14,15). The van der Waals surface area contributed by atoms with Gasteiger partial charge in [-0.1, -0.05) is 23.2 Å². The Hall–Kier alpha value is -1.26. The van der Waals surface area contributed by atoms with Crippen LogP contribution < -0.4 is 11.1 Å². The maximum Gasteiger partial charge on any atom is 0.343 e. The van der Waals surface area contributed by atoms with Gasteiger partial charge in [-0.25, -0.2) is 4.79 Å². The molecule has 1 unspecified atom stereocenters. The van der Waals surface area contributed by atoms with Crippen molar-refractivity contribution < 1.29 is 4.79 Å². The van der Waals surface area contributed by atoms with Gasteiger partial charge in [-0.05, 0) is 23.8 Å². The highest BCUT2D eigenvalue weighted by molar-refractivity contribution is 6.34. The molecule has 4 nitrogen and oxygen atoms in total. The molecule has 0 fully saturated rings. The number of amides is 2. The summed E-state index contributed by atoms with van der Waals surface area (Å²) in [6, 6.07) is 4.09. The lowest BCUT2D eigenvalue weighted by molar-refractivity contribution is 0.250. The Balaban J connectivity index is 2.39. The third-order valence-electron chi connectivity index (χ3n) is 2.01. The lowest BCUT2D eigenvalue weighted by atomic mass is 10.1. The van der Waals surface area contributed by atoms with E-state index in [1.54, 1.807) is 18.2 Å². The van der Waals surface area contributed by atoms with Crippen LogP contribution in [0.15, 0.2) is 23.2 Å². The smallest absolute Gasteiger partial charge is 0.343 e. The summed E-state index contributed by atoms with van der Waals surface area (Å²) in [5, 5.41) is 3.57. The zero-order chi connectivity index (χ0) is 11.0. The van der Waals surface area contributed by atoms with Crippen molar-refractivity contribution in [3.05, 3.63) is 33.8 Å². The van der Waals surface area contributed by atoms with Crippen molar-refractivity contribution in [1.82, 2.24) is 5.32 Å². The van der Waals surface area contributed by atoms with E-state index in [1.807, 2.05) is 0 Å². The molecule has 1 atom stereocenters. The van der Waals surface area contributed by atoms with E-state index in [1.165, 1.54) is 0 Å². The number of halogens is 2. The molecular weight excluding hydrogens is 237 g/mol. The van der Waals surface area contributed by atoms with Gasteiger partial charge in [-0.15, -0.1) is 0 Å². The van der Waals surface area contributed by atoms with Gasteiger partial charge in [0.25, 0.3) is 0 Å². The number of aliphatic imine (C=N–C) groups is 1. The van der Waals surface area contributed by atoms with Gasteiger partial charge in [0.05, 0.1) is 0 Å². The number of carbonyl (C=O) groups is 1. The number of carbonyl (C=O) groups excluding carboxylic acids is 1. The SMILES string of the molecule is NC1=NC(=O)NC1c1cc(Cl)cc(Cl)c1. The maximum absolute atomic E-state index is 11.0. The highest BCUT2D eigenvalue weighted by Crippen LogP contribution is 2.25. The number of nitrogens with two attached hydrogens (primary N) is 1. The van der Waals surface area contributed by atoms with Crippen molar-refractivity contribution in [2.75, 3.05) is 0 Å². The van der Waals surface area contributed by atoms with Gasteiger partial charge in [-0.3, -0.25) is 0 Å². The maximum atomic E-state index is 11.0. The summed E-state index contributed by atoms with van der Waals surface area (Å²) < 4.78 is 0. The second-order valence-electron chi connectivity index (χ2n) is 3.12. The summed E-state index contributed by atoms with van der Waals surface area (Å²) in [7, 11) is 0. The van der Waals surface area contributed by atoms with Gasteiger partial charge in [0.15, 0.2) is 0 Å². The van der Waals surface area contributed by atoms with Gasteiger partial charge in [0, 0.05) is 10.0 Å². The highest BCUT2D eigenvalue weighted by Gasteiger charge is 2.25.